The van der Waals surface area contributed by atoms with Gasteiger partial charge in [-0.2, -0.15) is 0 Å². The molecule has 0 aromatic heterocycles. The molecular weight excluding hydrogens is 378 g/mol. The lowest BCUT2D eigenvalue weighted by atomic mass is 9.97. The van der Waals surface area contributed by atoms with Crippen molar-refractivity contribution in [3.05, 3.63) is 63.2 Å². The summed E-state index contributed by atoms with van der Waals surface area (Å²) in [5.74, 6) is -19.5. The maximum Gasteiger partial charge on any atom is 0.200 e. The number of benzene rings is 2. The smallest absolute Gasteiger partial charge is 0.200 e. The molecule has 0 spiro atoms. The molecule has 0 saturated heterocycles. The van der Waals surface area contributed by atoms with Crippen molar-refractivity contribution in [2.75, 3.05) is 7.11 Å². The number of hydrogen-bond acceptors (Lipinski definition) is 3. The van der Waals surface area contributed by atoms with E-state index in [0.717, 1.165) is 0 Å². The number of hydrogen-bond donors (Lipinski definition) is 2. The zero-order valence-electron chi connectivity index (χ0n) is 12.6. The molecule has 3 nitrogen and oxygen atoms in total. The van der Waals surface area contributed by atoms with Gasteiger partial charge in [-0.1, -0.05) is 0 Å². The highest BCUT2D eigenvalue weighted by atomic mass is 19.2. The maximum atomic E-state index is 14.2. The Labute approximate surface area is 140 Å². The van der Waals surface area contributed by atoms with Crippen LogP contribution in [0.3, 0.4) is 0 Å². The number of nitrogens with one attached hydrogen (secondary N) is 1. The molecular formula is C15H7F8NO2. The van der Waals surface area contributed by atoms with Gasteiger partial charge in [0.05, 0.1) is 36.1 Å². The molecule has 0 unspecified atom stereocenters. The average molecular weight is 385 g/mol. The van der Waals surface area contributed by atoms with E-state index < -0.39 is 81.3 Å². The lowest BCUT2D eigenvalue weighted by Crippen LogP contribution is -2.18. The molecule has 140 valence electrons. The number of halogens is 8. The van der Waals surface area contributed by atoms with E-state index in [0.29, 0.717) is 7.11 Å². The van der Waals surface area contributed by atoms with E-state index in [9.17, 15) is 35.1 Å². The molecule has 0 aliphatic carbocycles. The molecule has 0 atom stereocenters. The lowest BCUT2D eigenvalue weighted by Gasteiger charge is -2.16. The van der Waals surface area contributed by atoms with Crippen molar-refractivity contribution >= 4 is 5.71 Å². The summed E-state index contributed by atoms with van der Waals surface area (Å²) in [5.41, 5.74) is -6.40. The second kappa shape index (κ2) is 6.90. The fourth-order valence-corrected chi connectivity index (χ4v) is 2.19. The highest BCUT2D eigenvalue weighted by Gasteiger charge is 2.34. The Balaban J connectivity index is 2.90. The Morgan fingerprint density at radius 3 is 1.58 bits per heavy atom. The van der Waals surface area contributed by atoms with Crippen LogP contribution in [-0.2, 0) is 6.61 Å². The van der Waals surface area contributed by atoms with Crippen molar-refractivity contribution in [2.45, 2.75) is 6.61 Å². The third-order valence-electron chi connectivity index (χ3n) is 3.44. The molecule has 2 aromatic rings. The Morgan fingerprint density at radius 2 is 1.15 bits per heavy atom. The predicted molar refractivity (Wildman–Crippen MR) is 71.0 cm³/mol. The summed E-state index contributed by atoms with van der Waals surface area (Å²) < 4.78 is 114. The van der Waals surface area contributed by atoms with Crippen LogP contribution in [-0.4, -0.2) is 17.9 Å². The number of ether oxygens (including phenoxy) is 1. The molecule has 26 heavy (non-hydrogen) atoms. The third-order valence-corrected chi connectivity index (χ3v) is 3.44. The second-order valence-corrected chi connectivity index (χ2v) is 4.81. The van der Waals surface area contributed by atoms with Crippen molar-refractivity contribution in [3.63, 3.8) is 0 Å². The van der Waals surface area contributed by atoms with Gasteiger partial charge < -0.3 is 9.84 Å². The summed E-state index contributed by atoms with van der Waals surface area (Å²) >= 11 is 0. The molecule has 0 aliphatic rings. The molecule has 0 radical (unpaired) electrons. The number of methoxy groups -OCH3 is 1. The summed E-state index contributed by atoms with van der Waals surface area (Å²) in [4.78, 5) is 0. The van der Waals surface area contributed by atoms with Crippen LogP contribution in [0.5, 0.6) is 5.75 Å². The van der Waals surface area contributed by atoms with Crippen molar-refractivity contribution in [1.82, 2.24) is 0 Å². The number of aliphatic hydroxyl groups excluding tert-OH is 1. The van der Waals surface area contributed by atoms with Crippen LogP contribution in [0.15, 0.2) is 0 Å². The summed E-state index contributed by atoms with van der Waals surface area (Å²) in [6.07, 6.45) is 0. The van der Waals surface area contributed by atoms with Gasteiger partial charge in [0.1, 0.15) is 0 Å². The molecule has 2 rings (SSSR count). The zero-order chi connectivity index (χ0) is 19.9. The minimum absolute atomic E-state index is 0.715. The van der Waals surface area contributed by atoms with E-state index in [-0.39, 0.29) is 0 Å². The first-order chi connectivity index (χ1) is 12.1. The van der Waals surface area contributed by atoms with Crippen molar-refractivity contribution in [2.24, 2.45) is 0 Å². The first-order valence-corrected chi connectivity index (χ1v) is 6.54. The van der Waals surface area contributed by atoms with Gasteiger partial charge >= 0.3 is 0 Å². The number of aliphatic hydroxyl groups is 1. The Hall–Kier alpha value is -2.69. The minimum Gasteiger partial charge on any atom is -0.493 e. The van der Waals surface area contributed by atoms with Crippen LogP contribution >= 0.6 is 0 Å². The number of rotatable bonds is 4. The van der Waals surface area contributed by atoms with Gasteiger partial charge in [-0.15, -0.1) is 0 Å². The van der Waals surface area contributed by atoms with Crippen LogP contribution in [0, 0.1) is 51.9 Å². The quantitative estimate of drug-likeness (QED) is 0.365. The van der Waals surface area contributed by atoms with Crippen LogP contribution in [0.1, 0.15) is 16.7 Å². The fourth-order valence-electron chi connectivity index (χ4n) is 2.19. The first kappa shape index (κ1) is 19.6. The van der Waals surface area contributed by atoms with Gasteiger partial charge in [-0.3, -0.25) is 5.41 Å². The second-order valence-electron chi connectivity index (χ2n) is 4.81. The van der Waals surface area contributed by atoms with E-state index in [1.54, 1.807) is 0 Å². The van der Waals surface area contributed by atoms with Crippen molar-refractivity contribution in [3.8, 4) is 5.75 Å². The molecule has 11 heteroatoms. The summed E-state index contributed by atoms with van der Waals surface area (Å²) in [6, 6.07) is 0. The monoisotopic (exact) mass is 385 g/mol. The first-order valence-electron chi connectivity index (χ1n) is 6.54. The van der Waals surface area contributed by atoms with E-state index >= 15 is 0 Å². The van der Waals surface area contributed by atoms with Gasteiger partial charge in [-0.25, -0.2) is 35.1 Å². The van der Waals surface area contributed by atoms with Crippen molar-refractivity contribution < 1.29 is 45.0 Å². The van der Waals surface area contributed by atoms with Crippen LogP contribution in [0.4, 0.5) is 35.1 Å². The van der Waals surface area contributed by atoms with Gasteiger partial charge in [0.15, 0.2) is 46.5 Å². The SMILES string of the molecule is COc1c(F)c(CO)c(F)c(F)c1C(=N)c1c(F)c(F)c(F)c(F)c1F. The van der Waals surface area contributed by atoms with E-state index in [2.05, 4.69) is 4.74 Å². The largest absolute Gasteiger partial charge is 0.493 e. The van der Waals surface area contributed by atoms with Gasteiger partial charge in [0, 0.05) is 0 Å². The van der Waals surface area contributed by atoms with Gasteiger partial charge in [0.2, 0.25) is 5.82 Å². The van der Waals surface area contributed by atoms with E-state index in [1.807, 2.05) is 0 Å². The van der Waals surface area contributed by atoms with Crippen LogP contribution < -0.4 is 4.74 Å². The zero-order valence-corrected chi connectivity index (χ0v) is 12.6. The topological polar surface area (TPSA) is 53.3 Å². The van der Waals surface area contributed by atoms with Crippen LogP contribution in [0.25, 0.3) is 0 Å². The van der Waals surface area contributed by atoms with E-state index in [1.165, 1.54) is 0 Å². The molecule has 0 bridgehead atoms. The van der Waals surface area contributed by atoms with Crippen molar-refractivity contribution in [1.29, 1.82) is 5.41 Å². The van der Waals surface area contributed by atoms with E-state index in [4.69, 9.17) is 10.5 Å². The Kier molecular flexibility index (Phi) is 5.21. The summed E-state index contributed by atoms with van der Waals surface area (Å²) in [6.45, 7) is -1.33. The molecule has 0 fully saturated rings. The molecule has 0 aliphatic heterocycles. The Bertz CT molecular complexity index is 900. The highest BCUT2D eigenvalue weighted by Crippen LogP contribution is 2.35. The third kappa shape index (κ3) is 2.68. The molecule has 0 amide bonds. The average Bonchev–Trinajstić information content (AvgIpc) is 2.61. The fraction of sp³-hybridized carbons (Fsp3) is 0.133. The highest BCUT2D eigenvalue weighted by molar-refractivity contribution is 6.13. The maximum absolute atomic E-state index is 14.2. The van der Waals surface area contributed by atoms with Gasteiger partial charge in [-0.05, 0) is 0 Å². The molecule has 2 aromatic carbocycles. The van der Waals surface area contributed by atoms with Gasteiger partial charge in [0.25, 0.3) is 0 Å². The predicted octanol–water partition coefficient (Wildman–Crippen LogP) is 3.72. The standard InChI is InChI=1S/C15H7F8NO2/c1-26-15-5(10(20)6(16)3(2-25)7(15)17)14(24)4-8(18)11(21)13(23)12(22)9(4)19/h24-25H,2H2,1H3. The minimum atomic E-state index is -2.53. The lowest BCUT2D eigenvalue weighted by molar-refractivity contribution is 0.261. The molecule has 2 N–H and O–H groups in total. The summed E-state index contributed by atoms with van der Waals surface area (Å²) in [5, 5.41) is 16.4. The van der Waals surface area contributed by atoms with Crippen LogP contribution in [0.2, 0.25) is 0 Å². The Morgan fingerprint density at radius 1 is 0.731 bits per heavy atom. The molecule has 0 saturated carbocycles. The molecule has 0 heterocycles. The normalized spacial score (nSPS) is 11.0. The summed E-state index contributed by atoms with van der Waals surface area (Å²) in [7, 11) is 0.715.